The Morgan fingerprint density at radius 1 is 1.41 bits per heavy atom. The van der Waals surface area contributed by atoms with Crippen molar-refractivity contribution in [3.63, 3.8) is 0 Å². The van der Waals surface area contributed by atoms with Crippen LogP contribution in [0.15, 0.2) is 23.1 Å². The molecular weight excluding hydrogens is 242 g/mol. The number of rotatable bonds is 5. The van der Waals surface area contributed by atoms with Gasteiger partial charge in [0.05, 0.1) is 10.7 Å². The van der Waals surface area contributed by atoms with Crippen molar-refractivity contribution in [1.82, 2.24) is 5.32 Å². The van der Waals surface area contributed by atoms with Gasteiger partial charge in [-0.05, 0) is 6.07 Å². The summed E-state index contributed by atoms with van der Waals surface area (Å²) in [4.78, 5) is 22.0. The highest BCUT2D eigenvalue weighted by molar-refractivity contribution is 8.00. The van der Waals surface area contributed by atoms with Crippen LogP contribution in [0.4, 0.5) is 11.4 Å². The highest BCUT2D eigenvalue weighted by atomic mass is 32.2. The van der Waals surface area contributed by atoms with E-state index in [-0.39, 0.29) is 17.3 Å². The van der Waals surface area contributed by atoms with E-state index in [1.807, 2.05) is 0 Å². The third kappa shape index (κ3) is 3.95. The zero-order valence-corrected chi connectivity index (χ0v) is 10.3. The third-order valence-electron chi connectivity index (χ3n) is 2.04. The lowest BCUT2D eigenvalue weighted by Gasteiger charge is -2.05. The van der Waals surface area contributed by atoms with E-state index in [0.717, 1.165) is 0 Å². The van der Waals surface area contributed by atoms with Crippen LogP contribution in [0, 0.1) is 10.1 Å². The molecule has 0 aromatic heterocycles. The number of hydrogen-bond acceptors (Lipinski definition) is 5. The summed E-state index contributed by atoms with van der Waals surface area (Å²) in [5, 5.41) is 16.0. The normalized spacial score (nSPS) is 9.76. The topological polar surface area (TPSA) is 84.3 Å². The molecule has 7 heteroatoms. The standard InChI is InChI=1S/C10H13N3O3S/c1-11-7-3-8(13(15)16)5-9(4-7)17-6-10(14)12-2/h3-5,11H,6H2,1-2H3,(H,12,14). The molecule has 0 bridgehead atoms. The number of thioether (sulfide) groups is 1. The SMILES string of the molecule is CNC(=O)CSc1cc(NC)cc([N+](=O)[O-])c1. The highest BCUT2D eigenvalue weighted by Crippen LogP contribution is 2.27. The largest absolute Gasteiger partial charge is 0.388 e. The van der Waals surface area contributed by atoms with Crippen LogP contribution in [-0.4, -0.2) is 30.7 Å². The summed E-state index contributed by atoms with van der Waals surface area (Å²) in [5.41, 5.74) is 0.662. The fraction of sp³-hybridized carbons (Fsp3) is 0.300. The first kappa shape index (κ1) is 13.3. The van der Waals surface area contributed by atoms with Crippen LogP contribution >= 0.6 is 11.8 Å². The molecule has 17 heavy (non-hydrogen) atoms. The maximum absolute atomic E-state index is 11.1. The first-order chi connectivity index (χ1) is 8.06. The molecule has 6 nitrogen and oxygen atoms in total. The van der Waals surface area contributed by atoms with Gasteiger partial charge in [0.1, 0.15) is 0 Å². The van der Waals surface area contributed by atoms with Crippen LogP contribution in [0.2, 0.25) is 0 Å². The molecule has 0 heterocycles. The van der Waals surface area contributed by atoms with Crippen LogP contribution in [0.3, 0.4) is 0 Å². The first-order valence-electron chi connectivity index (χ1n) is 4.87. The molecule has 0 radical (unpaired) electrons. The third-order valence-corrected chi connectivity index (χ3v) is 3.02. The molecule has 0 saturated heterocycles. The van der Waals surface area contributed by atoms with Crippen molar-refractivity contribution in [2.45, 2.75) is 4.90 Å². The van der Waals surface area contributed by atoms with Gasteiger partial charge in [0.15, 0.2) is 0 Å². The summed E-state index contributed by atoms with van der Waals surface area (Å²) in [7, 11) is 3.24. The predicted molar refractivity (Wildman–Crippen MR) is 67.4 cm³/mol. The molecule has 0 aliphatic carbocycles. The van der Waals surface area contributed by atoms with Crippen LogP contribution in [0.1, 0.15) is 0 Å². The molecule has 0 fully saturated rings. The van der Waals surface area contributed by atoms with Gasteiger partial charge >= 0.3 is 0 Å². The Balaban J connectivity index is 2.87. The maximum atomic E-state index is 11.1. The van der Waals surface area contributed by atoms with Gasteiger partial charge in [-0.3, -0.25) is 14.9 Å². The number of hydrogen-bond donors (Lipinski definition) is 2. The Morgan fingerprint density at radius 3 is 2.65 bits per heavy atom. The number of amides is 1. The predicted octanol–water partition coefficient (Wildman–Crippen LogP) is 1.47. The molecular formula is C10H13N3O3S. The van der Waals surface area contributed by atoms with Crippen LogP contribution in [-0.2, 0) is 4.79 Å². The number of nitro groups is 1. The van der Waals surface area contributed by atoms with Crippen LogP contribution in [0.25, 0.3) is 0 Å². The molecule has 2 N–H and O–H groups in total. The number of carbonyl (C=O) groups is 1. The summed E-state index contributed by atoms with van der Waals surface area (Å²) >= 11 is 1.26. The molecule has 0 unspecified atom stereocenters. The van der Waals surface area contributed by atoms with E-state index in [2.05, 4.69) is 10.6 Å². The maximum Gasteiger partial charge on any atom is 0.272 e. The van der Waals surface area contributed by atoms with Crippen molar-refractivity contribution in [1.29, 1.82) is 0 Å². The number of nitrogens with one attached hydrogen (secondary N) is 2. The molecule has 0 atom stereocenters. The first-order valence-corrected chi connectivity index (χ1v) is 5.86. The van der Waals surface area contributed by atoms with Crippen molar-refractivity contribution in [3.05, 3.63) is 28.3 Å². The van der Waals surface area contributed by atoms with E-state index in [1.165, 1.54) is 23.9 Å². The van der Waals surface area contributed by atoms with Crippen LogP contribution in [0.5, 0.6) is 0 Å². The summed E-state index contributed by atoms with van der Waals surface area (Å²) in [6.07, 6.45) is 0. The fourth-order valence-corrected chi connectivity index (χ4v) is 1.99. The lowest BCUT2D eigenvalue weighted by atomic mass is 10.3. The lowest BCUT2D eigenvalue weighted by molar-refractivity contribution is -0.385. The Hall–Kier alpha value is -1.76. The minimum Gasteiger partial charge on any atom is -0.388 e. The van der Waals surface area contributed by atoms with E-state index >= 15 is 0 Å². The minimum atomic E-state index is -0.454. The Bertz CT molecular complexity index is 437. The fourth-order valence-electron chi connectivity index (χ4n) is 1.14. The van der Waals surface area contributed by atoms with E-state index in [9.17, 15) is 14.9 Å². The van der Waals surface area contributed by atoms with E-state index in [4.69, 9.17) is 0 Å². The molecule has 1 amide bonds. The van der Waals surface area contributed by atoms with Gasteiger partial charge in [-0.25, -0.2) is 0 Å². The number of anilines is 1. The second-order valence-electron chi connectivity index (χ2n) is 3.18. The second-order valence-corrected chi connectivity index (χ2v) is 4.23. The quantitative estimate of drug-likeness (QED) is 0.473. The number of carbonyl (C=O) groups excluding carboxylic acids is 1. The van der Waals surface area contributed by atoms with Gasteiger partial charge in [0.2, 0.25) is 5.91 Å². The van der Waals surface area contributed by atoms with Gasteiger partial charge in [0, 0.05) is 36.8 Å². The van der Waals surface area contributed by atoms with E-state index in [1.54, 1.807) is 20.2 Å². The van der Waals surface area contributed by atoms with Crippen molar-refractivity contribution in [2.75, 3.05) is 25.2 Å². The summed E-state index contributed by atoms with van der Waals surface area (Å²) in [6.45, 7) is 0. The Kier molecular flexibility index (Phi) is 4.77. The highest BCUT2D eigenvalue weighted by Gasteiger charge is 2.10. The zero-order chi connectivity index (χ0) is 12.8. The number of nitro benzene ring substituents is 1. The molecule has 1 aromatic rings. The molecule has 0 saturated carbocycles. The summed E-state index contributed by atoms with van der Waals surface area (Å²) < 4.78 is 0. The van der Waals surface area contributed by atoms with Crippen molar-refractivity contribution in [2.24, 2.45) is 0 Å². The van der Waals surface area contributed by atoms with Gasteiger partial charge < -0.3 is 10.6 Å². The lowest BCUT2D eigenvalue weighted by Crippen LogP contribution is -2.19. The molecule has 1 aromatic carbocycles. The molecule has 1 rings (SSSR count). The Labute approximate surface area is 103 Å². The van der Waals surface area contributed by atoms with Gasteiger partial charge in [-0.2, -0.15) is 0 Å². The number of benzene rings is 1. The van der Waals surface area contributed by atoms with Crippen LogP contribution < -0.4 is 10.6 Å². The Morgan fingerprint density at radius 2 is 2.12 bits per heavy atom. The monoisotopic (exact) mass is 255 g/mol. The van der Waals surface area contributed by atoms with E-state index < -0.39 is 4.92 Å². The van der Waals surface area contributed by atoms with Gasteiger partial charge in [0.25, 0.3) is 5.69 Å². The van der Waals surface area contributed by atoms with E-state index in [0.29, 0.717) is 10.6 Å². The molecule has 92 valence electrons. The average Bonchev–Trinajstić information content (AvgIpc) is 2.35. The molecule has 0 aliphatic rings. The minimum absolute atomic E-state index is 0.0104. The molecule has 0 aliphatic heterocycles. The smallest absolute Gasteiger partial charge is 0.272 e. The average molecular weight is 255 g/mol. The van der Waals surface area contributed by atoms with Gasteiger partial charge in [-0.15, -0.1) is 11.8 Å². The van der Waals surface area contributed by atoms with Crippen molar-refractivity contribution >= 4 is 29.0 Å². The summed E-state index contributed by atoms with van der Waals surface area (Å²) in [5.74, 6) is 0.119. The van der Waals surface area contributed by atoms with Gasteiger partial charge in [-0.1, -0.05) is 0 Å². The summed E-state index contributed by atoms with van der Waals surface area (Å²) in [6, 6.07) is 4.67. The number of non-ortho nitro benzene ring substituents is 1. The second kappa shape index (κ2) is 6.09. The molecule has 0 spiro atoms. The number of nitrogens with zero attached hydrogens (tertiary/aromatic N) is 1. The van der Waals surface area contributed by atoms with Crippen molar-refractivity contribution in [3.8, 4) is 0 Å². The zero-order valence-electron chi connectivity index (χ0n) is 9.52. The van der Waals surface area contributed by atoms with Crippen molar-refractivity contribution < 1.29 is 9.72 Å².